The van der Waals surface area contributed by atoms with Gasteiger partial charge >= 0.3 is 0 Å². The molecule has 1 aliphatic carbocycles. The Kier molecular flexibility index (Phi) is 4.86. The Labute approximate surface area is 123 Å². The van der Waals surface area contributed by atoms with Crippen molar-refractivity contribution in [1.29, 1.82) is 5.41 Å². The van der Waals surface area contributed by atoms with Crippen LogP contribution in [0.3, 0.4) is 0 Å². The van der Waals surface area contributed by atoms with Gasteiger partial charge in [-0.25, -0.2) is 0 Å². The largest absolute Gasteiger partial charge is 0.384 e. The number of nitrogen functional groups attached to an aromatic ring is 1. The van der Waals surface area contributed by atoms with Crippen LogP contribution in [0.5, 0.6) is 0 Å². The van der Waals surface area contributed by atoms with Gasteiger partial charge in [-0.15, -0.1) is 0 Å². The highest BCUT2D eigenvalue weighted by Gasteiger charge is 2.18. The van der Waals surface area contributed by atoms with Crippen LogP contribution in [-0.4, -0.2) is 18.9 Å². The topological polar surface area (TPSA) is 53.1 Å². The predicted octanol–water partition coefficient (Wildman–Crippen LogP) is 3.89. The van der Waals surface area contributed by atoms with Gasteiger partial charge in [0.25, 0.3) is 0 Å². The molecule has 1 aromatic rings. The maximum absolute atomic E-state index is 7.51. The van der Waals surface area contributed by atoms with Crippen LogP contribution in [0.4, 0.5) is 5.69 Å². The van der Waals surface area contributed by atoms with Gasteiger partial charge in [-0.2, -0.15) is 0 Å². The minimum atomic E-state index is 0.107. The number of anilines is 1. The van der Waals surface area contributed by atoms with Crippen LogP contribution >= 0.6 is 15.9 Å². The Hall–Kier alpha value is -1.03. The Balaban J connectivity index is 2.16. The molecular weight excluding hydrogens is 302 g/mol. The second-order valence-corrected chi connectivity index (χ2v) is 6.19. The molecule has 0 bridgehead atoms. The van der Waals surface area contributed by atoms with Gasteiger partial charge in [0.2, 0.25) is 0 Å². The summed E-state index contributed by atoms with van der Waals surface area (Å²) >= 11 is 3.51. The number of rotatable bonds is 3. The van der Waals surface area contributed by atoms with E-state index in [1.165, 1.54) is 44.2 Å². The molecule has 1 fully saturated rings. The molecule has 104 valence electrons. The van der Waals surface area contributed by atoms with E-state index in [-0.39, 0.29) is 5.84 Å². The summed E-state index contributed by atoms with van der Waals surface area (Å²) in [6, 6.07) is 6.70. The minimum absolute atomic E-state index is 0.107. The molecule has 19 heavy (non-hydrogen) atoms. The van der Waals surface area contributed by atoms with Crippen molar-refractivity contribution in [2.75, 3.05) is 11.9 Å². The average Bonchev–Trinajstić information content (AvgIpc) is 2.66. The molecule has 4 heteroatoms. The molecule has 0 radical (unpaired) electrons. The van der Waals surface area contributed by atoms with Crippen molar-refractivity contribution >= 4 is 27.5 Å². The molecule has 0 atom stereocenters. The van der Waals surface area contributed by atoms with E-state index >= 15 is 0 Å². The fraction of sp³-hybridized carbons (Fsp3) is 0.533. The van der Waals surface area contributed by atoms with Crippen LogP contribution < -0.4 is 10.6 Å². The highest BCUT2D eigenvalue weighted by molar-refractivity contribution is 9.10. The van der Waals surface area contributed by atoms with Crippen molar-refractivity contribution in [3.8, 4) is 0 Å². The molecule has 0 saturated heterocycles. The monoisotopic (exact) mass is 323 g/mol. The number of benzene rings is 1. The Bertz CT molecular complexity index is 451. The third-order valence-corrected chi connectivity index (χ3v) is 4.68. The summed E-state index contributed by atoms with van der Waals surface area (Å²) in [6.45, 7) is 0. The van der Waals surface area contributed by atoms with Crippen LogP contribution in [-0.2, 0) is 0 Å². The number of nitrogens with zero attached hydrogens (tertiary/aromatic N) is 1. The summed E-state index contributed by atoms with van der Waals surface area (Å²) in [5.74, 6) is 0.107. The van der Waals surface area contributed by atoms with Crippen molar-refractivity contribution < 1.29 is 0 Å². The van der Waals surface area contributed by atoms with E-state index in [0.717, 1.165) is 10.0 Å². The van der Waals surface area contributed by atoms with Crippen molar-refractivity contribution in [1.82, 2.24) is 0 Å². The second-order valence-electron chi connectivity index (χ2n) is 5.33. The quantitative estimate of drug-likeness (QED) is 0.503. The lowest BCUT2D eigenvalue weighted by Crippen LogP contribution is -2.31. The van der Waals surface area contributed by atoms with Crippen LogP contribution in [0, 0.1) is 5.41 Å². The van der Waals surface area contributed by atoms with Crippen LogP contribution in [0.2, 0.25) is 0 Å². The van der Waals surface area contributed by atoms with Crippen LogP contribution in [0.1, 0.15) is 44.1 Å². The fourth-order valence-electron chi connectivity index (χ4n) is 2.80. The standard InChI is InChI=1S/C15H22BrN3/c1-19(11-6-4-2-3-5-7-11)12-8-9-13(15(17)18)14(16)10-12/h8-11H,2-7H2,1H3,(H3,17,18). The van der Waals surface area contributed by atoms with Gasteiger partial charge in [-0.3, -0.25) is 5.41 Å². The Morgan fingerprint density at radius 1 is 1.26 bits per heavy atom. The lowest BCUT2D eigenvalue weighted by molar-refractivity contribution is 0.553. The first-order chi connectivity index (χ1) is 9.09. The molecule has 0 unspecified atom stereocenters. The summed E-state index contributed by atoms with van der Waals surface area (Å²) < 4.78 is 0.901. The number of hydrogen-bond acceptors (Lipinski definition) is 2. The van der Waals surface area contributed by atoms with Crippen molar-refractivity contribution in [2.24, 2.45) is 5.73 Å². The van der Waals surface area contributed by atoms with Crippen molar-refractivity contribution in [2.45, 2.75) is 44.6 Å². The third kappa shape index (κ3) is 3.50. The predicted molar refractivity (Wildman–Crippen MR) is 85.1 cm³/mol. The first kappa shape index (κ1) is 14.4. The maximum atomic E-state index is 7.51. The molecule has 1 aromatic carbocycles. The van der Waals surface area contributed by atoms with Gasteiger partial charge in [0.1, 0.15) is 5.84 Å². The molecule has 0 aliphatic heterocycles. The zero-order valence-corrected chi connectivity index (χ0v) is 13.0. The summed E-state index contributed by atoms with van der Waals surface area (Å²) in [5.41, 5.74) is 7.50. The maximum Gasteiger partial charge on any atom is 0.123 e. The second kappa shape index (κ2) is 6.42. The first-order valence-corrected chi connectivity index (χ1v) is 7.75. The number of halogens is 1. The van der Waals surface area contributed by atoms with Crippen molar-refractivity contribution in [3.05, 3.63) is 28.2 Å². The van der Waals surface area contributed by atoms with Crippen LogP contribution in [0.25, 0.3) is 0 Å². The summed E-state index contributed by atoms with van der Waals surface area (Å²) in [6.07, 6.45) is 7.98. The molecule has 3 nitrogen and oxygen atoms in total. The minimum Gasteiger partial charge on any atom is -0.384 e. The molecule has 0 spiro atoms. The van der Waals surface area contributed by atoms with Gasteiger partial charge in [-0.05, 0) is 47.0 Å². The molecule has 3 N–H and O–H groups in total. The van der Waals surface area contributed by atoms with Gasteiger partial charge in [0.15, 0.2) is 0 Å². The van der Waals surface area contributed by atoms with Gasteiger partial charge in [0.05, 0.1) is 0 Å². The first-order valence-electron chi connectivity index (χ1n) is 6.96. The molecular formula is C15H22BrN3. The molecule has 0 aromatic heterocycles. The van der Waals surface area contributed by atoms with Gasteiger partial charge in [-0.1, -0.05) is 25.7 Å². The summed E-state index contributed by atoms with van der Waals surface area (Å²) in [7, 11) is 2.17. The zero-order valence-electron chi connectivity index (χ0n) is 11.5. The van der Waals surface area contributed by atoms with E-state index in [0.29, 0.717) is 6.04 Å². The lowest BCUT2D eigenvalue weighted by atomic mass is 10.1. The normalized spacial score (nSPS) is 16.9. The summed E-state index contributed by atoms with van der Waals surface area (Å²) in [4.78, 5) is 2.37. The SMILES string of the molecule is CN(c1ccc(C(=N)N)c(Br)c1)C1CCCCCC1. The average molecular weight is 324 g/mol. The third-order valence-electron chi connectivity index (χ3n) is 4.02. The molecule has 0 amide bonds. The molecule has 2 rings (SSSR count). The van der Waals surface area contributed by atoms with Gasteiger partial charge in [0, 0.05) is 28.8 Å². The van der Waals surface area contributed by atoms with Gasteiger partial charge < -0.3 is 10.6 Å². The molecule has 0 heterocycles. The zero-order chi connectivity index (χ0) is 13.8. The highest BCUT2D eigenvalue weighted by Crippen LogP contribution is 2.28. The number of nitrogens with one attached hydrogen (secondary N) is 1. The van der Waals surface area contributed by atoms with E-state index in [1.54, 1.807) is 0 Å². The van der Waals surface area contributed by atoms with Crippen molar-refractivity contribution in [3.63, 3.8) is 0 Å². The van der Waals surface area contributed by atoms with E-state index in [1.807, 2.05) is 6.07 Å². The molecule has 1 aliphatic rings. The number of hydrogen-bond donors (Lipinski definition) is 2. The van der Waals surface area contributed by atoms with Crippen LogP contribution in [0.15, 0.2) is 22.7 Å². The summed E-state index contributed by atoms with van der Waals surface area (Å²) in [5, 5.41) is 7.51. The molecule has 1 saturated carbocycles. The Morgan fingerprint density at radius 2 is 1.89 bits per heavy atom. The van der Waals surface area contributed by atoms with E-state index in [9.17, 15) is 0 Å². The number of amidine groups is 1. The fourth-order valence-corrected chi connectivity index (χ4v) is 3.38. The number of nitrogens with two attached hydrogens (primary N) is 1. The smallest absolute Gasteiger partial charge is 0.123 e. The van der Waals surface area contributed by atoms with E-state index in [2.05, 4.69) is 40.0 Å². The highest BCUT2D eigenvalue weighted by atomic mass is 79.9. The Morgan fingerprint density at radius 3 is 2.42 bits per heavy atom. The van der Waals surface area contributed by atoms with E-state index in [4.69, 9.17) is 11.1 Å². The lowest BCUT2D eigenvalue weighted by Gasteiger charge is -2.29. The van der Waals surface area contributed by atoms with E-state index < -0.39 is 0 Å².